The highest BCUT2D eigenvalue weighted by atomic mass is 35.5. The lowest BCUT2D eigenvalue weighted by Crippen LogP contribution is -2.24. The molecule has 2 aromatic heterocycles. The molecule has 10 nitrogen and oxygen atoms in total. The van der Waals surface area contributed by atoms with E-state index < -0.39 is 17.8 Å². The molecule has 164 valence electrons. The maximum Gasteiger partial charge on any atom is 0.412 e. The molecule has 0 radical (unpaired) electrons. The maximum atomic E-state index is 11.5. The van der Waals surface area contributed by atoms with Crippen LogP contribution in [0.2, 0.25) is 10.0 Å². The summed E-state index contributed by atoms with van der Waals surface area (Å²) in [5, 5.41) is 12.8. The molecule has 0 atom stereocenters. The molecular weight excluding hydrogens is 459 g/mol. The fourth-order valence-electron chi connectivity index (χ4n) is 2.70. The number of hydrazone groups is 1. The summed E-state index contributed by atoms with van der Waals surface area (Å²) in [6.07, 6.45) is 0.541. The summed E-state index contributed by atoms with van der Waals surface area (Å²) < 4.78 is 9.90. The fourth-order valence-corrected chi connectivity index (χ4v) is 3.27. The Morgan fingerprint density at radius 1 is 1.28 bits per heavy atom. The highest BCUT2D eigenvalue weighted by Crippen LogP contribution is 2.39. The molecule has 0 aliphatic heterocycles. The molecule has 0 unspecified atom stereocenters. The third-order valence-electron chi connectivity index (χ3n) is 4.14. The zero-order chi connectivity index (χ0) is 23.4. The van der Waals surface area contributed by atoms with Crippen LogP contribution in [0.15, 0.2) is 35.6 Å². The van der Waals surface area contributed by atoms with Crippen LogP contribution in [0.4, 0.5) is 10.5 Å². The topological polar surface area (TPSA) is 155 Å². The van der Waals surface area contributed by atoms with Crippen LogP contribution in [0.5, 0.6) is 11.6 Å². The van der Waals surface area contributed by atoms with Gasteiger partial charge in [-0.2, -0.15) is 10.4 Å². The third-order valence-corrected chi connectivity index (χ3v) is 4.70. The first-order valence-electron chi connectivity index (χ1n) is 9.10. The Bertz CT molecular complexity index is 1260. The first kappa shape index (κ1) is 22.9. The summed E-state index contributed by atoms with van der Waals surface area (Å²) in [6, 6.07) is 7.82. The van der Waals surface area contributed by atoms with Crippen molar-refractivity contribution in [1.82, 2.24) is 9.97 Å². The van der Waals surface area contributed by atoms with Crippen molar-refractivity contribution in [2.24, 2.45) is 10.8 Å². The number of nitrogens with two attached hydrogens (primary N) is 1. The number of aromatic amines is 1. The highest BCUT2D eigenvalue weighted by molar-refractivity contribution is 6.44. The number of amides is 1. The van der Waals surface area contributed by atoms with Gasteiger partial charge in [0, 0.05) is 12.3 Å². The largest absolute Gasteiger partial charge is 0.436 e. The predicted molar refractivity (Wildman–Crippen MR) is 119 cm³/mol. The number of H-pyrrole nitrogens is 1. The van der Waals surface area contributed by atoms with E-state index in [1.54, 1.807) is 6.07 Å². The number of nitrogens with zero attached hydrogens (tertiary/aromatic N) is 3. The van der Waals surface area contributed by atoms with Crippen LogP contribution in [0.1, 0.15) is 25.3 Å². The van der Waals surface area contributed by atoms with Gasteiger partial charge in [0.15, 0.2) is 5.75 Å². The van der Waals surface area contributed by atoms with Crippen molar-refractivity contribution < 1.29 is 19.1 Å². The zero-order valence-corrected chi connectivity index (χ0v) is 18.3. The second kappa shape index (κ2) is 9.55. The van der Waals surface area contributed by atoms with Crippen molar-refractivity contribution in [3.63, 3.8) is 0 Å². The van der Waals surface area contributed by atoms with E-state index in [0.717, 1.165) is 16.6 Å². The number of nitriles is 1. The molecule has 0 aliphatic rings. The van der Waals surface area contributed by atoms with Gasteiger partial charge in [0.1, 0.15) is 6.07 Å². The van der Waals surface area contributed by atoms with Crippen LogP contribution >= 0.6 is 23.2 Å². The number of carbonyl (C=O) groups is 2. The van der Waals surface area contributed by atoms with Crippen LogP contribution in [0.25, 0.3) is 11.0 Å². The van der Waals surface area contributed by atoms with E-state index in [1.165, 1.54) is 18.2 Å². The number of fused-ring (bicyclic) bond motifs is 1. The fraction of sp³-hybridized carbons (Fsp3) is 0.150. The van der Waals surface area contributed by atoms with Crippen LogP contribution in [0, 0.1) is 11.3 Å². The van der Waals surface area contributed by atoms with Gasteiger partial charge in [-0.05, 0) is 29.7 Å². The van der Waals surface area contributed by atoms with E-state index in [9.17, 15) is 9.59 Å². The van der Waals surface area contributed by atoms with Gasteiger partial charge in [-0.25, -0.2) is 14.6 Å². The minimum absolute atomic E-state index is 0.119. The number of carbonyl (C=O) groups excluding carboxylic acids is 2. The molecule has 0 bridgehead atoms. The van der Waals surface area contributed by atoms with Gasteiger partial charge in [0.05, 0.1) is 26.8 Å². The summed E-state index contributed by atoms with van der Waals surface area (Å²) in [5.74, 6) is -0.590. The number of nitrogens with one attached hydrogen (secondary N) is 2. The summed E-state index contributed by atoms with van der Waals surface area (Å²) in [4.78, 5) is 29.9. The number of halogens is 2. The second-order valence-electron chi connectivity index (χ2n) is 6.71. The van der Waals surface area contributed by atoms with Crippen molar-refractivity contribution in [3.05, 3.63) is 46.1 Å². The number of hydrogen-bond donors (Lipinski definition) is 3. The smallest absolute Gasteiger partial charge is 0.412 e. The number of pyridine rings is 1. The normalized spacial score (nSPS) is 11.3. The van der Waals surface area contributed by atoms with E-state index in [2.05, 4.69) is 39.1 Å². The molecule has 0 saturated heterocycles. The van der Waals surface area contributed by atoms with Crippen molar-refractivity contribution in [3.8, 4) is 17.7 Å². The molecule has 0 saturated carbocycles. The lowest BCUT2D eigenvalue weighted by atomic mass is 10.1. The average molecular weight is 475 g/mol. The summed E-state index contributed by atoms with van der Waals surface area (Å²) in [5.41, 5.74) is 9.37. The molecule has 2 heterocycles. The van der Waals surface area contributed by atoms with Crippen LogP contribution in [-0.2, 0) is 9.53 Å². The molecule has 1 aromatic carbocycles. The molecule has 3 aromatic rings. The molecule has 3 rings (SSSR count). The monoisotopic (exact) mass is 474 g/mol. The Kier molecular flexibility index (Phi) is 6.82. The SMILES string of the molecule is CC(C)c1c[nH]c2ccc(Oc3c(Cl)cc(N/N=C(\C#N)C(=O)OC(N)=O)cc3Cl)nc12. The third kappa shape index (κ3) is 5.08. The van der Waals surface area contributed by atoms with Gasteiger partial charge >= 0.3 is 12.1 Å². The van der Waals surface area contributed by atoms with Crippen molar-refractivity contribution in [1.29, 1.82) is 5.26 Å². The highest BCUT2D eigenvalue weighted by Gasteiger charge is 2.17. The maximum absolute atomic E-state index is 11.5. The lowest BCUT2D eigenvalue weighted by Gasteiger charge is -2.11. The van der Waals surface area contributed by atoms with Gasteiger partial charge < -0.3 is 20.2 Å². The minimum Gasteiger partial charge on any atom is -0.436 e. The number of anilines is 1. The van der Waals surface area contributed by atoms with Gasteiger partial charge in [-0.3, -0.25) is 5.43 Å². The Labute approximate surface area is 191 Å². The van der Waals surface area contributed by atoms with Gasteiger partial charge in [-0.1, -0.05) is 37.0 Å². The number of rotatable bonds is 6. The molecule has 4 N–H and O–H groups in total. The number of benzene rings is 1. The summed E-state index contributed by atoms with van der Waals surface area (Å²) in [6.45, 7) is 4.12. The molecule has 0 aliphatic carbocycles. The van der Waals surface area contributed by atoms with E-state index in [-0.39, 0.29) is 27.4 Å². The first-order chi connectivity index (χ1) is 15.2. The van der Waals surface area contributed by atoms with Crippen LogP contribution < -0.4 is 15.9 Å². The van der Waals surface area contributed by atoms with E-state index in [1.807, 2.05) is 12.3 Å². The number of aromatic nitrogens is 2. The predicted octanol–water partition coefficient (Wildman–Crippen LogP) is 4.70. The Morgan fingerprint density at radius 2 is 1.97 bits per heavy atom. The zero-order valence-electron chi connectivity index (χ0n) is 16.8. The Balaban J connectivity index is 1.83. The van der Waals surface area contributed by atoms with Gasteiger partial charge in [0.2, 0.25) is 11.6 Å². The number of hydrogen-bond acceptors (Lipinski definition) is 8. The number of primary amides is 1. The Morgan fingerprint density at radius 3 is 2.56 bits per heavy atom. The average Bonchev–Trinajstić information content (AvgIpc) is 3.14. The molecular formula is C20H16Cl2N6O4. The molecule has 12 heteroatoms. The standard InChI is InChI=1S/C20H16Cl2N6O4/c1-9(2)11-8-25-14-3-4-16(26-17(11)14)31-18-12(21)5-10(6-13(18)22)27-28-15(7-23)19(29)32-20(24)30/h3-6,8-9,25,27H,1-2H3,(H2,24,30)/b28-15+. The number of esters is 1. The number of ether oxygens (including phenoxy) is 2. The van der Waals surface area contributed by atoms with Gasteiger partial charge in [-0.15, -0.1) is 0 Å². The molecule has 32 heavy (non-hydrogen) atoms. The summed E-state index contributed by atoms with van der Waals surface area (Å²) >= 11 is 12.6. The quantitative estimate of drug-likeness (QED) is 0.202. The summed E-state index contributed by atoms with van der Waals surface area (Å²) in [7, 11) is 0. The Hall–Kier alpha value is -3.81. The van der Waals surface area contributed by atoms with E-state index >= 15 is 0 Å². The van der Waals surface area contributed by atoms with Crippen LogP contribution in [0.3, 0.4) is 0 Å². The van der Waals surface area contributed by atoms with Crippen LogP contribution in [-0.4, -0.2) is 27.7 Å². The lowest BCUT2D eigenvalue weighted by molar-refractivity contribution is -0.129. The van der Waals surface area contributed by atoms with Crippen molar-refractivity contribution in [2.75, 3.05) is 5.43 Å². The minimum atomic E-state index is -1.36. The second-order valence-corrected chi connectivity index (χ2v) is 7.52. The van der Waals surface area contributed by atoms with E-state index in [4.69, 9.17) is 38.9 Å². The molecule has 0 spiro atoms. The van der Waals surface area contributed by atoms with Crippen molar-refractivity contribution in [2.45, 2.75) is 19.8 Å². The first-order valence-corrected chi connectivity index (χ1v) is 9.85. The van der Waals surface area contributed by atoms with Crippen molar-refractivity contribution >= 4 is 57.7 Å². The van der Waals surface area contributed by atoms with Gasteiger partial charge in [0.25, 0.3) is 0 Å². The molecule has 1 amide bonds. The van der Waals surface area contributed by atoms with E-state index in [0.29, 0.717) is 5.88 Å². The molecule has 0 fully saturated rings.